The van der Waals surface area contributed by atoms with Crippen LogP contribution in [-0.4, -0.2) is 15.9 Å². The third kappa shape index (κ3) is 5.49. The zero-order valence-corrected chi connectivity index (χ0v) is 13.9. The maximum atomic E-state index is 11.9. The maximum absolute atomic E-state index is 11.9. The Morgan fingerprint density at radius 3 is 2.33 bits per heavy atom. The van der Waals surface area contributed by atoms with E-state index in [0.717, 1.165) is 5.56 Å². The number of nitro groups is 1. The summed E-state index contributed by atoms with van der Waals surface area (Å²) in [5, 5.41) is 13.8. The third-order valence-electron chi connectivity index (χ3n) is 2.93. The number of hydrogen-bond donors (Lipinski definition) is 3. The van der Waals surface area contributed by atoms with Crippen LogP contribution in [0.15, 0.2) is 48.5 Å². The molecule has 0 radical (unpaired) electrons. The smallest absolute Gasteiger partial charge is 0.269 e. The molecule has 0 heterocycles. The number of non-ortho nitro benzene ring substituents is 1. The number of carbonyl (C=O) groups excluding carboxylic acids is 1. The van der Waals surface area contributed by atoms with Gasteiger partial charge in [-0.05, 0) is 42.0 Å². The fraction of sp³-hybridized carbons (Fsp3) is 0.0667. The normalized spacial score (nSPS) is 9.88. The monoisotopic (exact) mass is 364 g/mol. The molecule has 2 aromatic carbocycles. The highest BCUT2D eigenvalue weighted by Crippen LogP contribution is 2.14. The summed E-state index contributed by atoms with van der Waals surface area (Å²) in [6.45, 7) is 0. The first kappa shape index (κ1) is 17.6. The molecular formula is C15H13ClN4O3S. The predicted octanol–water partition coefficient (Wildman–Crippen LogP) is 2.81. The zero-order chi connectivity index (χ0) is 17.5. The first-order chi connectivity index (χ1) is 11.4. The zero-order valence-electron chi connectivity index (χ0n) is 12.3. The number of amides is 1. The van der Waals surface area contributed by atoms with Gasteiger partial charge in [0.2, 0.25) is 5.91 Å². The minimum atomic E-state index is -0.487. The van der Waals surface area contributed by atoms with E-state index in [1.807, 2.05) is 0 Å². The number of halogens is 1. The van der Waals surface area contributed by atoms with E-state index < -0.39 is 4.92 Å². The summed E-state index contributed by atoms with van der Waals surface area (Å²) in [7, 11) is 0. The number of benzene rings is 2. The van der Waals surface area contributed by atoms with Crippen molar-refractivity contribution in [2.75, 3.05) is 5.43 Å². The highest BCUT2D eigenvalue weighted by atomic mass is 35.5. The van der Waals surface area contributed by atoms with Crippen LogP contribution in [-0.2, 0) is 11.2 Å². The lowest BCUT2D eigenvalue weighted by atomic mass is 10.1. The van der Waals surface area contributed by atoms with Gasteiger partial charge < -0.3 is 5.32 Å². The average molecular weight is 365 g/mol. The molecule has 0 aliphatic rings. The quantitative estimate of drug-likeness (QED) is 0.429. The molecule has 24 heavy (non-hydrogen) atoms. The molecule has 0 saturated carbocycles. The van der Waals surface area contributed by atoms with Crippen molar-refractivity contribution in [1.82, 2.24) is 10.7 Å². The first-order valence-electron chi connectivity index (χ1n) is 6.79. The number of nitrogens with one attached hydrogen (secondary N) is 3. The highest BCUT2D eigenvalue weighted by Gasteiger charge is 2.07. The predicted molar refractivity (Wildman–Crippen MR) is 95.8 cm³/mol. The molecule has 0 atom stereocenters. The van der Waals surface area contributed by atoms with Crippen molar-refractivity contribution in [3.05, 3.63) is 69.2 Å². The van der Waals surface area contributed by atoms with Crippen molar-refractivity contribution in [2.24, 2.45) is 0 Å². The van der Waals surface area contributed by atoms with Crippen LogP contribution in [0.1, 0.15) is 5.56 Å². The van der Waals surface area contributed by atoms with Gasteiger partial charge in [-0.2, -0.15) is 0 Å². The lowest BCUT2D eigenvalue weighted by Crippen LogP contribution is -2.42. The Kier molecular flexibility index (Phi) is 6.05. The molecule has 2 aromatic rings. The molecule has 0 unspecified atom stereocenters. The molecule has 0 aromatic heterocycles. The second-order valence-corrected chi connectivity index (χ2v) is 5.58. The minimum Gasteiger partial charge on any atom is -0.302 e. The lowest BCUT2D eigenvalue weighted by Gasteiger charge is -2.11. The van der Waals surface area contributed by atoms with E-state index in [2.05, 4.69) is 16.2 Å². The van der Waals surface area contributed by atoms with Crippen LogP contribution >= 0.6 is 23.8 Å². The largest absolute Gasteiger partial charge is 0.302 e. The van der Waals surface area contributed by atoms with Gasteiger partial charge in [-0.15, -0.1) is 0 Å². The fourth-order valence-corrected chi connectivity index (χ4v) is 2.08. The second kappa shape index (κ2) is 8.23. The molecule has 0 bridgehead atoms. The van der Waals surface area contributed by atoms with Crippen LogP contribution in [0.25, 0.3) is 0 Å². The summed E-state index contributed by atoms with van der Waals surface area (Å²) in [5.74, 6) is -0.277. The standard InChI is InChI=1S/C15H13ClN4O3S/c16-11-3-1-10(2-4-11)9-14(21)17-15(24)19-18-12-5-7-13(8-6-12)20(22)23/h1-8,18H,9H2,(H2,17,19,21,24). The van der Waals surface area contributed by atoms with Gasteiger partial charge in [-0.1, -0.05) is 23.7 Å². The molecule has 7 nitrogen and oxygen atoms in total. The van der Waals surface area contributed by atoms with E-state index in [-0.39, 0.29) is 23.1 Å². The van der Waals surface area contributed by atoms with Gasteiger partial charge in [0, 0.05) is 17.2 Å². The summed E-state index contributed by atoms with van der Waals surface area (Å²) in [4.78, 5) is 21.9. The number of hydrazine groups is 1. The molecule has 0 aliphatic carbocycles. The number of anilines is 1. The molecule has 2 rings (SSSR count). The van der Waals surface area contributed by atoms with Crippen molar-refractivity contribution in [1.29, 1.82) is 0 Å². The van der Waals surface area contributed by atoms with E-state index in [0.29, 0.717) is 10.7 Å². The van der Waals surface area contributed by atoms with Crippen LogP contribution < -0.4 is 16.2 Å². The number of carbonyl (C=O) groups is 1. The summed E-state index contributed by atoms with van der Waals surface area (Å²) in [5.41, 5.74) is 6.73. The van der Waals surface area contributed by atoms with Crippen molar-refractivity contribution < 1.29 is 9.72 Å². The van der Waals surface area contributed by atoms with E-state index >= 15 is 0 Å². The van der Waals surface area contributed by atoms with Gasteiger partial charge in [0.1, 0.15) is 0 Å². The summed E-state index contributed by atoms with van der Waals surface area (Å²) >= 11 is 10.8. The van der Waals surface area contributed by atoms with Crippen LogP contribution in [0.4, 0.5) is 11.4 Å². The Labute approximate surface area is 148 Å². The van der Waals surface area contributed by atoms with Crippen molar-refractivity contribution >= 4 is 46.2 Å². The van der Waals surface area contributed by atoms with Gasteiger partial charge in [-0.25, -0.2) is 0 Å². The number of thiocarbonyl (C=S) groups is 1. The molecule has 0 aliphatic heterocycles. The molecule has 0 spiro atoms. The SMILES string of the molecule is O=C(Cc1ccc(Cl)cc1)NC(=S)NNc1ccc([N+](=O)[O-])cc1. The molecule has 3 N–H and O–H groups in total. The molecule has 124 valence electrons. The van der Waals surface area contributed by atoms with Crippen LogP contribution in [0.3, 0.4) is 0 Å². The van der Waals surface area contributed by atoms with E-state index in [1.54, 1.807) is 24.3 Å². The Morgan fingerprint density at radius 2 is 1.75 bits per heavy atom. The van der Waals surface area contributed by atoms with Crippen molar-refractivity contribution in [3.63, 3.8) is 0 Å². The Balaban J connectivity index is 1.79. The van der Waals surface area contributed by atoms with Crippen LogP contribution in [0.5, 0.6) is 0 Å². The van der Waals surface area contributed by atoms with Gasteiger partial charge >= 0.3 is 0 Å². The Bertz CT molecular complexity index is 750. The third-order valence-corrected chi connectivity index (χ3v) is 3.39. The molecule has 1 amide bonds. The summed E-state index contributed by atoms with van der Waals surface area (Å²) in [6.07, 6.45) is 0.163. The van der Waals surface area contributed by atoms with Gasteiger partial charge in [0.15, 0.2) is 5.11 Å². The number of hydrogen-bond acceptors (Lipinski definition) is 5. The topological polar surface area (TPSA) is 96.3 Å². The second-order valence-electron chi connectivity index (χ2n) is 4.73. The average Bonchev–Trinajstić information content (AvgIpc) is 2.55. The highest BCUT2D eigenvalue weighted by molar-refractivity contribution is 7.80. The molecule has 0 saturated heterocycles. The number of rotatable bonds is 5. The Morgan fingerprint density at radius 1 is 1.12 bits per heavy atom. The van der Waals surface area contributed by atoms with Crippen LogP contribution in [0.2, 0.25) is 5.02 Å². The van der Waals surface area contributed by atoms with Gasteiger partial charge in [0.05, 0.1) is 17.0 Å². The van der Waals surface area contributed by atoms with Crippen LogP contribution in [0, 0.1) is 10.1 Å². The van der Waals surface area contributed by atoms with Gasteiger partial charge in [-0.3, -0.25) is 25.8 Å². The van der Waals surface area contributed by atoms with E-state index in [9.17, 15) is 14.9 Å². The molecule has 9 heteroatoms. The lowest BCUT2D eigenvalue weighted by molar-refractivity contribution is -0.384. The number of nitrogens with zero attached hydrogens (tertiary/aromatic N) is 1. The molecular weight excluding hydrogens is 352 g/mol. The molecule has 0 fully saturated rings. The number of nitro benzene ring substituents is 1. The maximum Gasteiger partial charge on any atom is 0.269 e. The minimum absolute atomic E-state index is 0.0145. The van der Waals surface area contributed by atoms with Crippen molar-refractivity contribution in [2.45, 2.75) is 6.42 Å². The van der Waals surface area contributed by atoms with E-state index in [1.165, 1.54) is 24.3 Å². The Hall–Kier alpha value is -2.71. The fourth-order valence-electron chi connectivity index (χ4n) is 1.79. The first-order valence-corrected chi connectivity index (χ1v) is 7.57. The van der Waals surface area contributed by atoms with Crippen molar-refractivity contribution in [3.8, 4) is 0 Å². The summed E-state index contributed by atoms with van der Waals surface area (Å²) < 4.78 is 0. The van der Waals surface area contributed by atoms with Gasteiger partial charge in [0.25, 0.3) is 5.69 Å². The summed E-state index contributed by atoms with van der Waals surface area (Å²) in [6, 6.07) is 12.7. The van der Waals surface area contributed by atoms with E-state index in [4.69, 9.17) is 23.8 Å².